The molecule has 17 heavy (non-hydrogen) atoms. The Labute approximate surface area is 105 Å². The van der Waals surface area contributed by atoms with Crippen LogP contribution >= 0.6 is 0 Å². The highest BCUT2D eigenvalue weighted by atomic mass is 16.3. The van der Waals surface area contributed by atoms with Crippen molar-refractivity contribution in [3.63, 3.8) is 0 Å². The quantitative estimate of drug-likeness (QED) is 0.704. The zero-order chi connectivity index (χ0) is 12.4. The number of hydrogen-bond acceptors (Lipinski definition) is 3. The van der Waals surface area contributed by atoms with Crippen molar-refractivity contribution < 1.29 is 10.2 Å². The first kappa shape index (κ1) is 13.3. The molecule has 0 aromatic heterocycles. The summed E-state index contributed by atoms with van der Waals surface area (Å²) in [7, 11) is 0. The third-order valence-corrected chi connectivity index (χ3v) is 4.65. The Morgan fingerprint density at radius 1 is 0.941 bits per heavy atom. The monoisotopic (exact) mass is 241 g/mol. The number of nitrogens with one attached hydrogen (secondary N) is 1. The molecule has 0 unspecified atom stereocenters. The van der Waals surface area contributed by atoms with Gasteiger partial charge in [0.2, 0.25) is 0 Å². The predicted octanol–water partition coefficient (Wildman–Crippen LogP) is 1.82. The summed E-state index contributed by atoms with van der Waals surface area (Å²) >= 11 is 0. The number of rotatable bonds is 4. The van der Waals surface area contributed by atoms with Crippen LogP contribution in [0.2, 0.25) is 0 Å². The summed E-state index contributed by atoms with van der Waals surface area (Å²) < 4.78 is 0. The van der Waals surface area contributed by atoms with Crippen molar-refractivity contribution in [3.05, 3.63) is 0 Å². The zero-order valence-electron chi connectivity index (χ0n) is 11.0. The second-order valence-corrected chi connectivity index (χ2v) is 6.44. The van der Waals surface area contributed by atoms with Gasteiger partial charge >= 0.3 is 0 Å². The number of aliphatic hydroxyl groups is 2. The maximum Gasteiger partial charge on any atom is 0.0771 e. The van der Waals surface area contributed by atoms with Gasteiger partial charge in [-0.1, -0.05) is 19.8 Å². The van der Waals surface area contributed by atoms with Crippen LogP contribution in [0.3, 0.4) is 0 Å². The minimum atomic E-state index is -0.526. The molecule has 2 aliphatic rings. The van der Waals surface area contributed by atoms with Gasteiger partial charge in [0.1, 0.15) is 0 Å². The van der Waals surface area contributed by atoms with Gasteiger partial charge in [-0.05, 0) is 44.4 Å². The molecular formula is C14H27NO2. The van der Waals surface area contributed by atoms with Crippen LogP contribution in [0, 0.1) is 5.92 Å². The molecule has 0 atom stereocenters. The highest BCUT2D eigenvalue weighted by molar-refractivity contribution is 4.90. The van der Waals surface area contributed by atoms with E-state index in [1.165, 1.54) is 0 Å². The van der Waals surface area contributed by atoms with Crippen LogP contribution in [0.4, 0.5) is 0 Å². The van der Waals surface area contributed by atoms with Crippen LogP contribution < -0.4 is 5.32 Å². The van der Waals surface area contributed by atoms with Crippen molar-refractivity contribution in [1.82, 2.24) is 5.32 Å². The molecule has 0 aromatic rings. The molecule has 3 nitrogen and oxygen atoms in total. The van der Waals surface area contributed by atoms with Crippen molar-refractivity contribution in [2.45, 2.75) is 69.5 Å². The van der Waals surface area contributed by atoms with Crippen molar-refractivity contribution in [2.75, 3.05) is 13.1 Å². The molecule has 2 rings (SSSR count). The fraction of sp³-hybridized carbons (Fsp3) is 1.00. The highest BCUT2D eigenvalue weighted by Gasteiger charge is 2.34. The summed E-state index contributed by atoms with van der Waals surface area (Å²) in [6, 6.07) is 0. The van der Waals surface area contributed by atoms with E-state index in [1.807, 2.05) is 0 Å². The minimum absolute atomic E-state index is 0.502. The van der Waals surface area contributed by atoms with Crippen LogP contribution in [-0.4, -0.2) is 34.5 Å². The SMILES string of the molecule is CC1CCC(O)(CNCC2(O)CCCC2)CC1. The summed E-state index contributed by atoms with van der Waals surface area (Å²) in [6.45, 7) is 3.54. The van der Waals surface area contributed by atoms with Crippen molar-refractivity contribution >= 4 is 0 Å². The van der Waals surface area contributed by atoms with E-state index >= 15 is 0 Å². The number of hydrogen-bond donors (Lipinski definition) is 3. The molecule has 2 fully saturated rings. The van der Waals surface area contributed by atoms with E-state index in [-0.39, 0.29) is 0 Å². The van der Waals surface area contributed by atoms with Gasteiger partial charge in [-0.25, -0.2) is 0 Å². The topological polar surface area (TPSA) is 52.5 Å². The Morgan fingerprint density at radius 3 is 1.94 bits per heavy atom. The van der Waals surface area contributed by atoms with Gasteiger partial charge in [0.25, 0.3) is 0 Å². The lowest BCUT2D eigenvalue weighted by atomic mass is 9.79. The maximum absolute atomic E-state index is 10.4. The average Bonchev–Trinajstić information content (AvgIpc) is 2.70. The van der Waals surface area contributed by atoms with Gasteiger partial charge in [-0.3, -0.25) is 0 Å². The van der Waals surface area contributed by atoms with Crippen LogP contribution in [0.5, 0.6) is 0 Å². The largest absolute Gasteiger partial charge is 0.389 e. The molecule has 0 saturated heterocycles. The predicted molar refractivity (Wildman–Crippen MR) is 68.9 cm³/mol. The Kier molecular flexibility index (Phi) is 4.11. The third kappa shape index (κ3) is 3.67. The molecule has 100 valence electrons. The molecule has 3 N–H and O–H groups in total. The second kappa shape index (κ2) is 5.25. The normalized spacial score (nSPS) is 37.2. The van der Waals surface area contributed by atoms with E-state index < -0.39 is 11.2 Å². The maximum atomic E-state index is 10.4. The molecule has 2 saturated carbocycles. The second-order valence-electron chi connectivity index (χ2n) is 6.44. The van der Waals surface area contributed by atoms with Gasteiger partial charge in [0.05, 0.1) is 11.2 Å². The van der Waals surface area contributed by atoms with Gasteiger partial charge in [-0.2, -0.15) is 0 Å². The van der Waals surface area contributed by atoms with E-state index in [1.54, 1.807) is 0 Å². The van der Waals surface area contributed by atoms with Gasteiger partial charge in [0, 0.05) is 13.1 Å². The first-order valence-corrected chi connectivity index (χ1v) is 7.17. The average molecular weight is 241 g/mol. The standard InChI is InChI=1S/C14H27NO2/c1-12-4-8-14(17,9-5-12)11-15-10-13(16)6-2-3-7-13/h12,15-17H,2-11H2,1H3. The molecule has 0 aromatic carbocycles. The minimum Gasteiger partial charge on any atom is -0.389 e. The van der Waals surface area contributed by atoms with Crippen molar-refractivity contribution in [2.24, 2.45) is 5.92 Å². The third-order valence-electron chi connectivity index (χ3n) is 4.65. The Hall–Kier alpha value is -0.120. The lowest BCUT2D eigenvalue weighted by Crippen LogP contribution is -2.47. The fourth-order valence-corrected chi connectivity index (χ4v) is 3.21. The van der Waals surface area contributed by atoms with Gasteiger partial charge < -0.3 is 15.5 Å². The van der Waals surface area contributed by atoms with E-state index in [9.17, 15) is 10.2 Å². The Morgan fingerprint density at radius 2 is 1.41 bits per heavy atom. The first-order valence-electron chi connectivity index (χ1n) is 7.17. The molecular weight excluding hydrogens is 214 g/mol. The smallest absolute Gasteiger partial charge is 0.0771 e. The molecule has 0 bridgehead atoms. The van der Waals surface area contributed by atoms with Gasteiger partial charge in [0.15, 0.2) is 0 Å². The van der Waals surface area contributed by atoms with E-state index in [2.05, 4.69) is 12.2 Å². The van der Waals surface area contributed by atoms with Gasteiger partial charge in [-0.15, -0.1) is 0 Å². The summed E-state index contributed by atoms with van der Waals surface area (Å²) in [4.78, 5) is 0. The molecule has 0 radical (unpaired) electrons. The Bertz CT molecular complexity index is 241. The van der Waals surface area contributed by atoms with E-state index in [4.69, 9.17) is 0 Å². The van der Waals surface area contributed by atoms with Crippen LogP contribution in [-0.2, 0) is 0 Å². The summed E-state index contributed by atoms with van der Waals surface area (Å²) in [5, 5.41) is 23.9. The molecule has 2 aliphatic carbocycles. The Balaban J connectivity index is 1.70. The molecule has 0 aliphatic heterocycles. The van der Waals surface area contributed by atoms with E-state index in [0.29, 0.717) is 13.1 Å². The van der Waals surface area contributed by atoms with Crippen LogP contribution in [0.1, 0.15) is 58.3 Å². The lowest BCUT2D eigenvalue weighted by molar-refractivity contribution is -0.0145. The molecule has 0 spiro atoms. The zero-order valence-corrected chi connectivity index (χ0v) is 11.0. The first-order chi connectivity index (χ1) is 8.02. The highest BCUT2D eigenvalue weighted by Crippen LogP contribution is 2.32. The van der Waals surface area contributed by atoms with Crippen LogP contribution in [0.25, 0.3) is 0 Å². The van der Waals surface area contributed by atoms with E-state index in [0.717, 1.165) is 57.3 Å². The molecule has 3 heteroatoms. The summed E-state index contributed by atoms with van der Waals surface area (Å²) in [6.07, 6.45) is 8.16. The molecule has 0 heterocycles. The molecule has 0 amide bonds. The lowest BCUT2D eigenvalue weighted by Gasteiger charge is -2.36. The fourth-order valence-electron chi connectivity index (χ4n) is 3.21. The summed E-state index contributed by atoms with van der Waals surface area (Å²) in [5.41, 5.74) is -1.03. The van der Waals surface area contributed by atoms with Crippen molar-refractivity contribution in [3.8, 4) is 0 Å². The van der Waals surface area contributed by atoms with Crippen LogP contribution in [0.15, 0.2) is 0 Å². The summed E-state index contributed by atoms with van der Waals surface area (Å²) in [5.74, 6) is 0.759. The van der Waals surface area contributed by atoms with Crippen molar-refractivity contribution in [1.29, 1.82) is 0 Å².